The van der Waals surface area contributed by atoms with Crippen molar-refractivity contribution in [2.75, 3.05) is 0 Å². The van der Waals surface area contributed by atoms with Gasteiger partial charge in [-0.3, -0.25) is 20.4 Å². The molecular weight excluding hydrogens is 304 g/mol. The minimum Gasteiger partial charge on any atom is -0.481 e. The predicted octanol–water partition coefficient (Wildman–Crippen LogP) is 3.19. The summed E-state index contributed by atoms with van der Waals surface area (Å²) in [5.41, 5.74) is 4.68. The molecule has 0 aliphatic rings. The highest BCUT2D eigenvalue weighted by molar-refractivity contribution is 5.86. The van der Waals surface area contributed by atoms with E-state index in [1.807, 2.05) is 63.2 Å². The van der Waals surface area contributed by atoms with Gasteiger partial charge in [-0.15, -0.1) is 0 Å². The normalized spacial score (nSPS) is 12.5. The molecule has 2 amide bonds. The van der Waals surface area contributed by atoms with Gasteiger partial charge in [-0.05, 0) is 35.2 Å². The van der Waals surface area contributed by atoms with Gasteiger partial charge in [0.05, 0.1) is 0 Å². The summed E-state index contributed by atoms with van der Waals surface area (Å²) in [6.45, 7) is 7.51. The molecule has 2 rings (SSSR count). The highest BCUT2D eigenvalue weighted by atomic mass is 16.5. The van der Waals surface area contributed by atoms with Gasteiger partial charge in [0.25, 0.3) is 5.91 Å². The average Bonchev–Trinajstić information content (AvgIpc) is 2.50. The maximum absolute atomic E-state index is 12.0. The van der Waals surface area contributed by atoms with Crippen LogP contribution in [0.25, 0.3) is 10.8 Å². The van der Waals surface area contributed by atoms with Gasteiger partial charge in [0.1, 0.15) is 5.75 Å². The summed E-state index contributed by atoms with van der Waals surface area (Å²) >= 11 is 0. The van der Waals surface area contributed by atoms with Crippen molar-refractivity contribution in [3.05, 3.63) is 42.5 Å². The number of benzene rings is 2. The molecule has 0 aliphatic carbocycles. The van der Waals surface area contributed by atoms with Crippen LogP contribution in [0.3, 0.4) is 0 Å². The Kier molecular flexibility index (Phi) is 5.44. The molecule has 24 heavy (non-hydrogen) atoms. The van der Waals surface area contributed by atoms with Crippen molar-refractivity contribution in [3.8, 4) is 5.75 Å². The highest BCUT2D eigenvalue weighted by Crippen LogP contribution is 2.21. The predicted molar refractivity (Wildman–Crippen MR) is 94.4 cm³/mol. The van der Waals surface area contributed by atoms with E-state index in [4.69, 9.17) is 4.74 Å². The summed E-state index contributed by atoms with van der Waals surface area (Å²) in [5, 5.41) is 2.15. The monoisotopic (exact) mass is 328 g/mol. The molecule has 0 fully saturated rings. The van der Waals surface area contributed by atoms with E-state index < -0.39 is 12.0 Å². The molecule has 1 unspecified atom stereocenters. The molecule has 128 valence electrons. The number of hydrogen-bond acceptors (Lipinski definition) is 3. The van der Waals surface area contributed by atoms with Crippen LogP contribution >= 0.6 is 0 Å². The maximum Gasteiger partial charge on any atom is 0.279 e. The number of carbonyl (C=O) groups excluding carboxylic acids is 2. The lowest BCUT2D eigenvalue weighted by Crippen LogP contribution is -2.47. The van der Waals surface area contributed by atoms with Gasteiger partial charge < -0.3 is 4.74 Å². The van der Waals surface area contributed by atoms with Crippen LogP contribution in [0.1, 0.15) is 34.1 Å². The van der Waals surface area contributed by atoms with E-state index in [1.54, 1.807) is 6.92 Å². The number of hydrogen-bond donors (Lipinski definition) is 2. The summed E-state index contributed by atoms with van der Waals surface area (Å²) in [4.78, 5) is 23.8. The molecule has 0 aliphatic heterocycles. The minimum atomic E-state index is -0.721. The zero-order valence-electron chi connectivity index (χ0n) is 14.6. The smallest absolute Gasteiger partial charge is 0.279 e. The lowest BCUT2D eigenvalue weighted by molar-refractivity contribution is -0.133. The summed E-state index contributed by atoms with van der Waals surface area (Å²) in [5.74, 6) is -0.0171. The molecule has 0 heterocycles. The molecule has 0 bridgehead atoms. The van der Waals surface area contributed by atoms with E-state index >= 15 is 0 Å². The Hall–Kier alpha value is -2.56. The third-order valence-electron chi connectivity index (χ3n) is 3.42. The Morgan fingerprint density at radius 3 is 2.38 bits per heavy atom. The van der Waals surface area contributed by atoms with Gasteiger partial charge >= 0.3 is 0 Å². The average molecular weight is 328 g/mol. The summed E-state index contributed by atoms with van der Waals surface area (Å²) < 4.78 is 5.65. The zero-order valence-corrected chi connectivity index (χ0v) is 14.6. The van der Waals surface area contributed by atoms with Crippen LogP contribution in [0.4, 0.5) is 0 Å². The van der Waals surface area contributed by atoms with Gasteiger partial charge in [0.2, 0.25) is 5.91 Å². The van der Waals surface area contributed by atoms with Crippen LogP contribution in [0.15, 0.2) is 42.5 Å². The molecule has 2 aromatic rings. The van der Waals surface area contributed by atoms with E-state index in [0.717, 1.165) is 10.8 Å². The van der Waals surface area contributed by atoms with Gasteiger partial charge in [-0.1, -0.05) is 51.1 Å². The van der Waals surface area contributed by atoms with Crippen LogP contribution in [0.5, 0.6) is 5.75 Å². The summed E-state index contributed by atoms with van der Waals surface area (Å²) in [7, 11) is 0. The first kappa shape index (κ1) is 17.8. The van der Waals surface area contributed by atoms with Crippen LogP contribution in [0.2, 0.25) is 0 Å². The molecule has 0 spiro atoms. The highest BCUT2D eigenvalue weighted by Gasteiger charge is 2.18. The number of rotatable bonds is 4. The van der Waals surface area contributed by atoms with Gasteiger partial charge in [0.15, 0.2) is 6.10 Å². The second kappa shape index (κ2) is 7.34. The Labute approximate surface area is 142 Å². The molecule has 1 atom stereocenters. The molecule has 2 aromatic carbocycles. The van der Waals surface area contributed by atoms with Gasteiger partial charge in [-0.25, -0.2) is 0 Å². The summed E-state index contributed by atoms with van der Waals surface area (Å²) in [6, 6.07) is 13.6. The molecule has 0 radical (unpaired) electrons. The number of carbonyl (C=O) groups is 2. The largest absolute Gasteiger partial charge is 0.481 e. The van der Waals surface area contributed by atoms with Crippen LogP contribution in [-0.4, -0.2) is 17.9 Å². The van der Waals surface area contributed by atoms with Crippen molar-refractivity contribution >= 4 is 22.6 Å². The van der Waals surface area contributed by atoms with Crippen LogP contribution < -0.4 is 15.6 Å². The Morgan fingerprint density at radius 1 is 1.04 bits per heavy atom. The third kappa shape index (κ3) is 5.26. The molecule has 0 saturated heterocycles. The number of fused-ring (bicyclic) bond motifs is 1. The standard InChI is InChI=1S/C19H24N2O3/c1-13(18(23)21-20-17(22)12-19(2,3)4)24-16-10-9-14-7-5-6-8-15(14)11-16/h5-11,13H,12H2,1-4H3,(H,20,22)(H,21,23). The fraction of sp³-hybridized carbons (Fsp3) is 0.368. The lowest BCUT2D eigenvalue weighted by atomic mass is 9.92. The zero-order chi connectivity index (χ0) is 17.7. The Bertz CT molecular complexity index is 735. The number of hydrazine groups is 1. The van der Waals surface area contributed by atoms with Crippen LogP contribution in [-0.2, 0) is 9.59 Å². The summed E-state index contributed by atoms with van der Waals surface area (Å²) in [6.07, 6.45) is -0.395. The first-order valence-corrected chi connectivity index (χ1v) is 7.99. The minimum absolute atomic E-state index is 0.137. The molecule has 5 heteroatoms. The van der Waals surface area contributed by atoms with E-state index in [1.165, 1.54) is 0 Å². The number of ether oxygens (including phenoxy) is 1. The first-order valence-electron chi connectivity index (χ1n) is 7.99. The molecular formula is C19H24N2O3. The molecule has 0 aromatic heterocycles. The topological polar surface area (TPSA) is 67.4 Å². The van der Waals surface area contributed by atoms with Crippen molar-refractivity contribution < 1.29 is 14.3 Å². The van der Waals surface area contributed by atoms with E-state index in [-0.39, 0.29) is 11.3 Å². The van der Waals surface area contributed by atoms with Gasteiger partial charge in [-0.2, -0.15) is 0 Å². The second-order valence-corrected chi connectivity index (χ2v) is 7.04. The molecule has 5 nitrogen and oxygen atoms in total. The SMILES string of the molecule is CC(Oc1ccc2ccccc2c1)C(=O)NNC(=O)CC(C)(C)C. The fourth-order valence-corrected chi connectivity index (χ4v) is 2.26. The van der Waals surface area contributed by atoms with E-state index in [9.17, 15) is 9.59 Å². The Morgan fingerprint density at radius 2 is 1.71 bits per heavy atom. The van der Waals surface area contributed by atoms with Crippen molar-refractivity contribution in [1.29, 1.82) is 0 Å². The quantitative estimate of drug-likeness (QED) is 0.847. The Balaban J connectivity index is 1.89. The second-order valence-electron chi connectivity index (χ2n) is 7.04. The number of nitrogens with one attached hydrogen (secondary N) is 2. The van der Waals surface area contributed by atoms with Crippen molar-refractivity contribution in [2.24, 2.45) is 5.41 Å². The van der Waals surface area contributed by atoms with E-state index in [2.05, 4.69) is 10.9 Å². The molecule has 2 N–H and O–H groups in total. The molecule has 0 saturated carbocycles. The van der Waals surface area contributed by atoms with Crippen LogP contribution in [0, 0.1) is 5.41 Å². The van der Waals surface area contributed by atoms with Gasteiger partial charge in [0, 0.05) is 6.42 Å². The van der Waals surface area contributed by atoms with Crippen molar-refractivity contribution in [2.45, 2.75) is 40.2 Å². The number of amides is 2. The first-order chi connectivity index (χ1) is 11.2. The van der Waals surface area contributed by atoms with Crippen molar-refractivity contribution in [1.82, 2.24) is 10.9 Å². The van der Waals surface area contributed by atoms with Crippen molar-refractivity contribution in [3.63, 3.8) is 0 Å². The fourth-order valence-electron chi connectivity index (χ4n) is 2.26. The van der Waals surface area contributed by atoms with E-state index in [0.29, 0.717) is 12.2 Å². The lowest BCUT2D eigenvalue weighted by Gasteiger charge is -2.19. The maximum atomic E-state index is 12.0. The third-order valence-corrected chi connectivity index (χ3v) is 3.42.